The van der Waals surface area contributed by atoms with Crippen LogP contribution < -0.4 is 5.32 Å². The van der Waals surface area contributed by atoms with Crippen LogP contribution in [0.4, 0.5) is 4.39 Å². The van der Waals surface area contributed by atoms with Gasteiger partial charge in [0.1, 0.15) is 28.9 Å². The predicted octanol–water partition coefficient (Wildman–Crippen LogP) is 4.28. The van der Waals surface area contributed by atoms with Crippen LogP contribution in [0, 0.1) is 12.7 Å². The monoisotopic (exact) mass is 568 g/mol. The number of nitrogens with one attached hydrogen (secondary N) is 1. The third-order valence-electron chi connectivity index (χ3n) is 7.86. The lowest BCUT2D eigenvalue weighted by atomic mass is 9.93. The number of rotatable bonds is 7. The molecule has 2 aromatic carbocycles. The Hall–Kier alpha value is -3.76. The Bertz CT molecular complexity index is 1420. The first-order chi connectivity index (χ1) is 19.2. The van der Waals surface area contributed by atoms with Gasteiger partial charge < -0.3 is 19.4 Å². The first kappa shape index (κ1) is 27.8. The summed E-state index contributed by atoms with van der Waals surface area (Å²) in [6.07, 6.45) is 1.31. The number of aliphatic carboxylic acids is 1. The number of amides is 2. The third kappa shape index (κ3) is 4.86. The van der Waals surface area contributed by atoms with Crippen molar-refractivity contribution < 1.29 is 28.4 Å². The van der Waals surface area contributed by atoms with Crippen molar-refractivity contribution in [3.8, 4) is 11.3 Å². The summed E-state index contributed by atoms with van der Waals surface area (Å²) in [7, 11) is 0. The fourth-order valence-corrected chi connectivity index (χ4v) is 6.14. The number of nitrogens with zero attached hydrogens (tertiary/aromatic N) is 3. The van der Waals surface area contributed by atoms with Crippen molar-refractivity contribution in [1.82, 2.24) is 20.3 Å². The molecule has 2 amide bonds. The Kier molecular flexibility index (Phi) is 7.65. The average molecular weight is 569 g/mol. The van der Waals surface area contributed by atoms with Crippen molar-refractivity contribution in [1.29, 1.82) is 0 Å². The van der Waals surface area contributed by atoms with E-state index in [2.05, 4.69) is 10.5 Å². The Morgan fingerprint density at radius 3 is 2.52 bits per heavy atom. The van der Waals surface area contributed by atoms with Crippen molar-refractivity contribution in [2.75, 3.05) is 13.1 Å². The van der Waals surface area contributed by atoms with Gasteiger partial charge in [-0.1, -0.05) is 60.1 Å². The highest BCUT2D eigenvalue weighted by atomic mass is 35.5. The highest BCUT2D eigenvalue weighted by Gasteiger charge is 2.55. The van der Waals surface area contributed by atoms with E-state index in [0.29, 0.717) is 19.3 Å². The van der Waals surface area contributed by atoms with Gasteiger partial charge in [-0.15, -0.1) is 0 Å². The fourth-order valence-electron chi connectivity index (χ4n) is 5.88. The van der Waals surface area contributed by atoms with E-state index >= 15 is 0 Å². The summed E-state index contributed by atoms with van der Waals surface area (Å²) in [5.41, 5.74) is 0.177. The summed E-state index contributed by atoms with van der Waals surface area (Å²) in [5, 5.41) is 17.5. The van der Waals surface area contributed by atoms with E-state index in [-0.39, 0.29) is 53.0 Å². The number of carbonyl (C=O) groups excluding carboxylic acids is 2. The second-order valence-electron chi connectivity index (χ2n) is 10.2. The maximum Gasteiger partial charge on any atom is 0.326 e. The number of hydrogen-bond donors (Lipinski definition) is 2. The molecule has 2 N–H and O–H groups in total. The lowest BCUT2D eigenvalue weighted by Crippen LogP contribution is -2.63. The molecule has 2 aliphatic heterocycles. The van der Waals surface area contributed by atoms with Crippen LogP contribution in [0.3, 0.4) is 0 Å². The standard InChI is InChI=1S/C29H30ClFN4O5/c1-3-22(28(38)39)35-26(36)21(16-18-8-5-4-6-9-18)32-29(35)12-14-34(15-13-29)27(37)23-17(2)40-33-25(23)24-19(30)10-7-11-20(24)31/h4-11,21-22,32H,3,12-16H2,1-2H3,(H,38,39). The zero-order chi connectivity index (χ0) is 28.6. The summed E-state index contributed by atoms with van der Waals surface area (Å²) in [4.78, 5) is 42.7. The van der Waals surface area contributed by atoms with E-state index in [1.165, 1.54) is 23.1 Å². The number of carbonyl (C=O) groups is 3. The van der Waals surface area contributed by atoms with Gasteiger partial charge >= 0.3 is 5.97 Å². The van der Waals surface area contributed by atoms with Gasteiger partial charge in [0.2, 0.25) is 5.91 Å². The maximum absolute atomic E-state index is 14.7. The molecule has 0 bridgehead atoms. The SMILES string of the molecule is CCC(C(=O)O)N1C(=O)C(Cc2ccccc2)NC12CCN(C(=O)c1c(-c3c(F)cccc3Cl)noc1C)CC2. The van der Waals surface area contributed by atoms with Gasteiger partial charge in [-0.05, 0) is 37.5 Å². The number of piperidine rings is 1. The Morgan fingerprint density at radius 1 is 1.20 bits per heavy atom. The second-order valence-corrected chi connectivity index (χ2v) is 10.6. The van der Waals surface area contributed by atoms with Crippen molar-refractivity contribution in [2.45, 2.75) is 57.3 Å². The number of carboxylic acid groups (broad SMARTS) is 1. The number of aromatic nitrogens is 1. The predicted molar refractivity (Wildman–Crippen MR) is 145 cm³/mol. The van der Waals surface area contributed by atoms with Crippen LogP contribution in [0.25, 0.3) is 11.3 Å². The average Bonchev–Trinajstić information content (AvgIpc) is 3.42. The summed E-state index contributed by atoms with van der Waals surface area (Å²) < 4.78 is 20.0. The summed E-state index contributed by atoms with van der Waals surface area (Å²) >= 11 is 6.25. The molecule has 5 rings (SSSR count). The smallest absolute Gasteiger partial charge is 0.326 e. The van der Waals surface area contributed by atoms with E-state index in [9.17, 15) is 23.9 Å². The van der Waals surface area contributed by atoms with E-state index in [1.807, 2.05) is 30.3 Å². The number of likely N-dealkylation sites (tertiary alicyclic amines) is 1. The Labute approximate surface area is 235 Å². The van der Waals surface area contributed by atoms with Crippen LogP contribution >= 0.6 is 11.6 Å². The quantitative estimate of drug-likeness (QED) is 0.437. The molecule has 9 nitrogen and oxygen atoms in total. The van der Waals surface area contributed by atoms with Gasteiger partial charge in [0, 0.05) is 25.9 Å². The Balaban J connectivity index is 1.41. The van der Waals surface area contributed by atoms with Crippen LogP contribution in [-0.2, 0) is 16.0 Å². The number of aryl methyl sites for hydroxylation is 1. The lowest BCUT2D eigenvalue weighted by Gasteiger charge is -2.46. The highest BCUT2D eigenvalue weighted by molar-refractivity contribution is 6.33. The molecule has 210 valence electrons. The van der Waals surface area contributed by atoms with Crippen molar-refractivity contribution in [2.24, 2.45) is 0 Å². The van der Waals surface area contributed by atoms with Gasteiger partial charge in [0.25, 0.3) is 5.91 Å². The molecule has 3 aromatic rings. The molecule has 0 radical (unpaired) electrons. The zero-order valence-corrected chi connectivity index (χ0v) is 22.9. The molecule has 1 aromatic heterocycles. The van der Waals surface area contributed by atoms with Crippen LogP contribution in [0.5, 0.6) is 0 Å². The van der Waals surface area contributed by atoms with E-state index < -0.39 is 35.4 Å². The molecule has 11 heteroatoms. The van der Waals surface area contributed by atoms with Gasteiger partial charge in [0.05, 0.1) is 22.3 Å². The summed E-state index contributed by atoms with van der Waals surface area (Å²) in [6, 6.07) is 12.2. The highest BCUT2D eigenvalue weighted by Crippen LogP contribution is 2.38. The first-order valence-electron chi connectivity index (χ1n) is 13.2. The van der Waals surface area contributed by atoms with E-state index in [4.69, 9.17) is 16.1 Å². The van der Waals surface area contributed by atoms with Gasteiger partial charge in [-0.2, -0.15) is 0 Å². The third-order valence-corrected chi connectivity index (χ3v) is 8.17. The zero-order valence-electron chi connectivity index (χ0n) is 22.2. The second kappa shape index (κ2) is 11.0. The minimum Gasteiger partial charge on any atom is -0.480 e. The molecular formula is C29H30ClFN4O5. The normalized spacial score (nSPS) is 19.3. The number of halogens is 2. The minimum absolute atomic E-state index is 0.0110. The molecule has 2 atom stereocenters. The molecule has 2 saturated heterocycles. The van der Waals surface area contributed by atoms with E-state index in [0.717, 1.165) is 5.56 Å². The van der Waals surface area contributed by atoms with E-state index in [1.54, 1.807) is 18.7 Å². The van der Waals surface area contributed by atoms with Crippen LogP contribution in [0.1, 0.15) is 47.9 Å². The molecular weight excluding hydrogens is 539 g/mol. The molecule has 2 aliphatic rings. The summed E-state index contributed by atoms with van der Waals surface area (Å²) in [6.45, 7) is 3.79. The van der Waals surface area contributed by atoms with Gasteiger partial charge in [0.15, 0.2) is 0 Å². The van der Waals surface area contributed by atoms with Crippen molar-refractivity contribution in [3.63, 3.8) is 0 Å². The number of carboxylic acids is 1. The minimum atomic E-state index is -1.07. The fraction of sp³-hybridized carbons (Fsp3) is 0.379. The summed E-state index contributed by atoms with van der Waals surface area (Å²) in [5.74, 6) is -2.12. The Morgan fingerprint density at radius 2 is 1.90 bits per heavy atom. The lowest BCUT2D eigenvalue weighted by molar-refractivity contribution is -0.154. The molecule has 2 unspecified atom stereocenters. The first-order valence-corrected chi connectivity index (χ1v) is 13.6. The topological polar surface area (TPSA) is 116 Å². The van der Waals surface area contributed by atoms with Crippen LogP contribution in [0.15, 0.2) is 53.1 Å². The number of benzene rings is 2. The molecule has 1 spiro atoms. The molecule has 0 saturated carbocycles. The maximum atomic E-state index is 14.7. The van der Waals surface area contributed by atoms with Gasteiger partial charge in [-0.3, -0.25) is 14.9 Å². The molecule has 3 heterocycles. The molecule has 0 aliphatic carbocycles. The largest absolute Gasteiger partial charge is 0.480 e. The van der Waals surface area contributed by atoms with Crippen molar-refractivity contribution in [3.05, 3.63) is 76.3 Å². The van der Waals surface area contributed by atoms with Gasteiger partial charge in [-0.25, -0.2) is 9.18 Å². The molecule has 2 fully saturated rings. The molecule has 40 heavy (non-hydrogen) atoms. The number of hydrogen-bond acceptors (Lipinski definition) is 6. The van der Waals surface area contributed by atoms with Crippen LogP contribution in [-0.4, -0.2) is 68.7 Å². The van der Waals surface area contributed by atoms with Crippen LogP contribution in [0.2, 0.25) is 5.02 Å². The van der Waals surface area contributed by atoms with Crippen molar-refractivity contribution >= 4 is 29.4 Å².